The Morgan fingerprint density at radius 2 is 2.29 bits per heavy atom. The molecule has 0 atom stereocenters. The first-order chi connectivity index (χ1) is 7.79. The van der Waals surface area contributed by atoms with E-state index in [1.807, 2.05) is 0 Å². The third kappa shape index (κ3) is 4.56. The fraction of sp³-hybridized carbons (Fsp3) is 0.500. The zero-order chi connectivity index (χ0) is 13.1. The van der Waals surface area contributed by atoms with Crippen molar-refractivity contribution in [3.63, 3.8) is 0 Å². The van der Waals surface area contributed by atoms with Crippen molar-refractivity contribution >= 4 is 28.2 Å². The molecule has 0 spiro atoms. The summed E-state index contributed by atoms with van der Waals surface area (Å²) in [6.07, 6.45) is 2.54. The van der Waals surface area contributed by atoms with Gasteiger partial charge < -0.3 is 4.74 Å². The second kappa shape index (κ2) is 5.31. The summed E-state index contributed by atoms with van der Waals surface area (Å²) in [5.41, 5.74) is 2.49. The minimum Gasteiger partial charge on any atom is -0.443 e. The number of halogens is 1. The topological polar surface area (TPSA) is 68.5 Å². The molecule has 1 N–H and O–H groups in total. The zero-order valence-corrected chi connectivity index (χ0v) is 11.8. The Morgan fingerprint density at radius 1 is 1.65 bits per heavy atom. The molecule has 1 heterocycles. The third-order valence-electron chi connectivity index (χ3n) is 1.68. The fourth-order valence-corrected chi connectivity index (χ4v) is 1.46. The summed E-state index contributed by atoms with van der Waals surface area (Å²) in [4.78, 5) is 11.3. The van der Waals surface area contributed by atoms with Crippen LogP contribution >= 0.6 is 15.9 Å². The smallest absolute Gasteiger partial charge is 0.428 e. The molecule has 0 radical (unpaired) electrons. The molecule has 0 saturated carbocycles. The first-order valence-electron chi connectivity index (χ1n) is 4.99. The Morgan fingerprint density at radius 3 is 2.76 bits per heavy atom. The van der Waals surface area contributed by atoms with Crippen LogP contribution in [-0.4, -0.2) is 27.7 Å². The molecule has 17 heavy (non-hydrogen) atoms. The number of carbonyl (C=O) groups excluding carboxylic acids is 1. The van der Waals surface area contributed by atoms with Crippen molar-refractivity contribution in [2.24, 2.45) is 12.1 Å². The molecule has 1 rings (SSSR count). The Balaban J connectivity index is 2.54. The molecule has 0 aliphatic carbocycles. The van der Waals surface area contributed by atoms with Crippen LogP contribution in [0.1, 0.15) is 26.5 Å². The van der Waals surface area contributed by atoms with Crippen LogP contribution in [0.3, 0.4) is 0 Å². The van der Waals surface area contributed by atoms with Gasteiger partial charge in [0.25, 0.3) is 0 Å². The van der Waals surface area contributed by atoms with Gasteiger partial charge >= 0.3 is 6.09 Å². The average Bonchev–Trinajstić information content (AvgIpc) is 2.46. The van der Waals surface area contributed by atoms with E-state index in [0.29, 0.717) is 0 Å². The minimum absolute atomic E-state index is 0.535. The van der Waals surface area contributed by atoms with Gasteiger partial charge in [-0.3, -0.25) is 4.68 Å². The maximum atomic E-state index is 11.3. The van der Waals surface area contributed by atoms with Crippen molar-refractivity contribution in [1.29, 1.82) is 0 Å². The number of rotatable bonds is 2. The van der Waals surface area contributed by atoms with E-state index < -0.39 is 11.7 Å². The van der Waals surface area contributed by atoms with Gasteiger partial charge in [-0.1, -0.05) is 0 Å². The number of aromatic nitrogens is 2. The first-order valence-corrected chi connectivity index (χ1v) is 5.78. The van der Waals surface area contributed by atoms with Crippen molar-refractivity contribution in [3.8, 4) is 0 Å². The van der Waals surface area contributed by atoms with E-state index in [0.717, 1.165) is 10.2 Å². The lowest BCUT2D eigenvalue weighted by Crippen LogP contribution is -2.29. The summed E-state index contributed by atoms with van der Waals surface area (Å²) < 4.78 is 7.45. The van der Waals surface area contributed by atoms with Crippen LogP contribution in [0.5, 0.6) is 0 Å². The van der Waals surface area contributed by atoms with Crippen molar-refractivity contribution < 1.29 is 9.53 Å². The highest BCUT2D eigenvalue weighted by Crippen LogP contribution is 2.12. The van der Waals surface area contributed by atoms with Crippen LogP contribution in [0.15, 0.2) is 15.8 Å². The molecule has 0 aliphatic heterocycles. The average molecular weight is 303 g/mol. The number of hydrazone groups is 1. The highest BCUT2D eigenvalue weighted by Gasteiger charge is 2.15. The van der Waals surface area contributed by atoms with E-state index in [9.17, 15) is 4.79 Å². The van der Waals surface area contributed by atoms with Crippen LogP contribution in [0, 0.1) is 0 Å². The molecule has 7 heteroatoms. The molecular weight excluding hydrogens is 288 g/mol. The lowest BCUT2D eigenvalue weighted by molar-refractivity contribution is 0.0529. The largest absolute Gasteiger partial charge is 0.443 e. The summed E-state index contributed by atoms with van der Waals surface area (Å²) in [7, 11) is 1.78. The molecular formula is C10H15BrN4O2. The SMILES string of the molecule is Cn1ncc(Br)c1/C=N\NC(=O)OC(C)(C)C. The van der Waals surface area contributed by atoms with Gasteiger partial charge in [0.1, 0.15) is 5.60 Å². The van der Waals surface area contributed by atoms with Crippen LogP contribution < -0.4 is 5.43 Å². The summed E-state index contributed by atoms with van der Waals surface area (Å²) in [5.74, 6) is 0. The van der Waals surface area contributed by atoms with E-state index in [-0.39, 0.29) is 0 Å². The number of nitrogens with zero attached hydrogens (tertiary/aromatic N) is 3. The van der Waals surface area contributed by atoms with Crippen molar-refractivity contribution in [2.75, 3.05) is 0 Å². The molecule has 1 amide bonds. The molecule has 6 nitrogen and oxygen atoms in total. The lowest BCUT2D eigenvalue weighted by atomic mass is 10.2. The fourth-order valence-electron chi connectivity index (χ4n) is 1.01. The Bertz CT molecular complexity index is 415. The molecule has 0 unspecified atom stereocenters. The maximum Gasteiger partial charge on any atom is 0.428 e. The lowest BCUT2D eigenvalue weighted by Gasteiger charge is -2.18. The van der Waals surface area contributed by atoms with Gasteiger partial charge in [0, 0.05) is 7.05 Å². The summed E-state index contributed by atoms with van der Waals surface area (Å²) >= 11 is 3.31. The summed E-state index contributed by atoms with van der Waals surface area (Å²) in [5, 5.41) is 7.79. The van der Waals surface area contributed by atoms with Gasteiger partial charge in [-0.15, -0.1) is 0 Å². The summed E-state index contributed by atoms with van der Waals surface area (Å²) in [6, 6.07) is 0. The molecule has 94 valence electrons. The molecule has 0 saturated heterocycles. The maximum absolute atomic E-state index is 11.3. The number of hydrogen-bond acceptors (Lipinski definition) is 4. The van der Waals surface area contributed by atoms with Crippen molar-refractivity contribution in [2.45, 2.75) is 26.4 Å². The van der Waals surface area contributed by atoms with Crippen LogP contribution in [0.25, 0.3) is 0 Å². The van der Waals surface area contributed by atoms with E-state index in [2.05, 4.69) is 31.6 Å². The number of hydrogen-bond donors (Lipinski definition) is 1. The highest BCUT2D eigenvalue weighted by atomic mass is 79.9. The number of aryl methyl sites for hydroxylation is 1. The number of ether oxygens (including phenoxy) is 1. The van der Waals surface area contributed by atoms with E-state index in [1.165, 1.54) is 6.21 Å². The second-order valence-corrected chi connectivity index (χ2v) is 5.23. The predicted octanol–water partition coefficient (Wildman–Crippen LogP) is 2.04. The Kier molecular flexibility index (Phi) is 4.28. The first kappa shape index (κ1) is 13.7. The molecule has 0 aromatic carbocycles. The van der Waals surface area contributed by atoms with E-state index >= 15 is 0 Å². The minimum atomic E-state index is -0.591. The van der Waals surface area contributed by atoms with Gasteiger partial charge in [0.15, 0.2) is 0 Å². The Labute approximate surface area is 108 Å². The van der Waals surface area contributed by atoms with Crippen molar-refractivity contribution in [3.05, 3.63) is 16.4 Å². The molecule has 1 aromatic heterocycles. The molecule has 0 fully saturated rings. The van der Waals surface area contributed by atoms with Gasteiger partial charge in [-0.05, 0) is 36.7 Å². The predicted molar refractivity (Wildman–Crippen MR) is 67.9 cm³/mol. The Hall–Kier alpha value is -1.37. The standard InChI is InChI=1S/C10H15BrN4O2/c1-10(2,3)17-9(16)14-12-6-8-7(11)5-13-15(8)4/h5-6H,1-4H3,(H,14,16)/b12-6-. The van der Waals surface area contributed by atoms with Crippen LogP contribution in [-0.2, 0) is 11.8 Å². The number of carbonyl (C=O) groups is 1. The van der Waals surface area contributed by atoms with Crippen LogP contribution in [0.2, 0.25) is 0 Å². The van der Waals surface area contributed by atoms with Gasteiger partial charge in [0.2, 0.25) is 0 Å². The van der Waals surface area contributed by atoms with E-state index in [1.54, 1.807) is 38.7 Å². The third-order valence-corrected chi connectivity index (χ3v) is 2.29. The second-order valence-electron chi connectivity index (χ2n) is 4.37. The van der Waals surface area contributed by atoms with Gasteiger partial charge in [0.05, 0.1) is 22.6 Å². The van der Waals surface area contributed by atoms with E-state index in [4.69, 9.17) is 4.74 Å². The van der Waals surface area contributed by atoms with Gasteiger partial charge in [-0.25, -0.2) is 10.2 Å². The molecule has 1 aromatic rings. The zero-order valence-electron chi connectivity index (χ0n) is 10.2. The number of nitrogens with one attached hydrogen (secondary N) is 1. The summed E-state index contributed by atoms with van der Waals surface area (Å²) in [6.45, 7) is 5.36. The quantitative estimate of drug-likeness (QED) is 0.671. The molecule has 0 bridgehead atoms. The highest BCUT2D eigenvalue weighted by molar-refractivity contribution is 9.10. The normalized spacial score (nSPS) is 11.8. The van der Waals surface area contributed by atoms with Gasteiger partial charge in [-0.2, -0.15) is 10.2 Å². The van der Waals surface area contributed by atoms with Crippen molar-refractivity contribution in [1.82, 2.24) is 15.2 Å². The van der Waals surface area contributed by atoms with Crippen LogP contribution in [0.4, 0.5) is 4.79 Å². The monoisotopic (exact) mass is 302 g/mol. The molecule has 0 aliphatic rings. The number of amides is 1.